The molecule has 31 heavy (non-hydrogen) atoms. The number of carbonyl (C=O) groups is 1. The van der Waals surface area contributed by atoms with Gasteiger partial charge in [0.1, 0.15) is 11.8 Å². The maximum absolute atomic E-state index is 12.8. The molecule has 1 atom stereocenters. The van der Waals surface area contributed by atoms with Crippen LogP contribution in [0.1, 0.15) is 19.3 Å². The van der Waals surface area contributed by atoms with Gasteiger partial charge in [-0.05, 0) is 37.5 Å². The molecule has 0 aromatic heterocycles. The first-order chi connectivity index (χ1) is 14.8. The molecule has 1 aliphatic heterocycles. The number of alkyl halides is 3. The van der Waals surface area contributed by atoms with Crippen LogP contribution in [-0.2, 0) is 4.79 Å². The SMILES string of the molecule is CNC=CN1CCCCC1C(=O)Nc1ccc(-c2ccccc2OC(F)(F)F)c(Cl)c1. The Morgan fingerprint density at radius 3 is 2.68 bits per heavy atom. The largest absolute Gasteiger partial charge is 0.573 e. The molecule has 9 heteroatoms. The van der Waals surface area contributed by atoms with Crippen molar-refractivity contribution in [2.24, 2.45) is 0 Å². The van der Waals surface area contributed by atoms with Crippen molar-refractivity contribution in [2.75, 3.05) is 18.9 Å². The van der Waals surface area contributed by atoms with Crippen molar-refractivity contribution in [3.05, 3.63) is 59.9 Å². The zero-order valence-corrected chi connectivity index (χ0v) is 17.6. The van der Waals surface area contributed by atoms with Crippen LogP contribution in [0.4, 0.5) is 18.9 Å². The summed E-state index contributed by atoms with van der Waals surface area (Å²) in [5.74, 6) is -0.507. The van der Waals surface area contributed by atoms with E-state index in [0.29, 0.717) is 11.3 Å². The number of benzene rings is 2. The lowest BCUT2D eigenvalue weighted by Gasteiger charge is -2.33. The Bertz CT molecular complexity index is 950. The first-order valence-corrected chi connectivity index (χ1v) is 10.2. The van der Waals surface area contributed by atoms with E-state index in [2.05, 4.69) is 15.4 Å². The highest BCUT2D eigenvalue weighted by atomic mass is 35.5. The molecule has 0 aliphatic carbocycles. The highest BCUT2D eigenvalue weighted by Crippen LogP contribution is 2.38. The first kappa shape index (κ1) is 22.8. The van der Waals surface area contributed by atoms with Crippen molar-refractivity contribution >= 4 is 23.2 Å². The van der Waals surface area contributed by atoms with Gasteiger partial charge in [0.15, 0.2) is 0 Å². The van der Waals surface area contributed by atoms with Crippen LogP contribution in [0.2, 0.25) is 5.02 Å². The fraction of sp³-hybridized carbons (Fsp3) is 0.318. The average Bonchev–Trinajstić information content (AvgIpc) is 2.72. The second-order valence-electron chi connectivity index (χ2n) is 7.08. The third-order valence-corrected chi connectivity index (χ3v) is 5.23. The minimum Gasteiger partial charge on any atom is -0.405 e. The molecule has 166 valence electrons. The van der Waals surface area contributed by atoms with Crippen LogP contribution in [0.15, 0.2) is 54.9 Å². The lowest BCUT2D eigenvalue weighted by atomic mass is 10.0. The van der Waals surface area contributed by atoms with Gasteiger partial charge in [0.25, 0.3) is 0 Å². The molecule has 0 spiro atoms. The fourth-order valence-electron chi connectivity index (χ4n) is 3.52. The molecule has 1 saturated heterocycles. The van der Waals surface area contributed by atoms with Crippen LogP contribution in [0.3, 0.4) is 0 Å². The number of amides is 1. The van der Waals surface area contributed by atoms with E-state index in [-0.39, 0.29) is 28.3 Å². The monoisotopic (exact) mass is 453 g/mol. The summed E-state index contributed by atoms with van der Waals surface area (Å²) in [5, 5.41) is 5.98. The Morgan fingerprint density at radius 2 is 1.97 bits per heavy atom. The summed E-state index contributed by atoms with van der Waals surface area (Å²) >= 11 is 6.36. The van der Waals surface area contributed by atoms with E-state index < -0.39 is 6.36 Å². The number of hydrogen-bond acceptors (Lipinski definition) is 4. The molecule has 3 rings (SSSR count). The zero-order chi connectivity index (χ0) is 22.4. The number of piperidine rings is 1. The summed E-state index contributed by atoms with van der Waals surface area (Å²) in [7, 11) is 1.79. The number of halogens is 4. The van der Waals surface area contributed by atoms with Crippen molar-refractivity contribution in [3.63, 3.8) is 0 Å². The number of nitrogens with zero attached hydrogens (tertiary/aromatic N) is 1. The summed E-state index contributed by atoms with van der Waals surface area (Å²) < 4.78 is 42.3. The van der Waals surface area contributed by atoms with Crippen molar-refractivity contribution in [2.45, 2.75) is 31.7 Å². The molecular weight excluding hydrogens is 431 g/mol. The Morgan fingerprint density at radius 1 is 1.19 bits per heavy atom. The Kier molecular flexibility index (Phi) is 7.33. The summed E-state index contributed by atoms with van der Waals surface area (Å²) in [5.41, 5.74) is 1.05. The molecule has 0 bridgehead atoms. The Hall–Kier alpha value is -2.87. The van der Waals surface area contributed by atoms with E-state index in [1.54, 1.807) is 31.4 Å². The van der Waals surface area contributed by atoms with Gasteiger partial charge in [-0.25, -0.2) is 0 Å². The molecule has 0 saturated carbocycles. The Balaban J connectivity index is 1.79. The van der Waals surface area contributed by atoms with Crippen LogP contribution in [-0.4, -0.2) is 36.8 Å². The van der Waals surface area contributed by atoms with Gasteiger partial charge in [-0.3, -0.25) is 4.79 Å². The van der Waals surface area contributed by atoms with Crippen molar-refractivity contribution < 1.29 is 22.7 Å². The van der Waals surface area contributed by atoms with Gasteiger partial charge in [-0.15, -0.1) is 13.2 Å². The van der Waals surface area contributed by atoms with E-state index in [1.807, 2.05) is 11.1 Å². The Labute approximate surface area is 183 Å². The van der Waals surface area contributed by atoms with Crippen molar-refractivity contribution in [1.29, 1.82) is 0 Å². The lowest BCUT2D eigenvalue weighted by molar-refractivity contribution is -0.274. The van der Waals surface area contributed by atoms with Gasteiger partial charge in [-0.1, -0.05) is 35.9 Å². The average molecular weight is 454 g/mol. The number of carbonyl (C=O) groups excluding carboxylic acids is 1. The second kappa shape index (κ2) is 9.96. The highest BCUT2D eigenvalue weighted by molar-refractivity contribution is 6.33. The minimum absolute atomic E-state index is 0.162. The standard InChI is InChI=1S/C22H23ClF3N3O2/c1-27-11-13-29-12-5-4-7-19(29)21(30)28-15-9-10-16(18(23)14-15)17-6-2-3-8-20(17)31-22(24,25)26/h2-3,6,8-11,13-14,19,27H,4-5,7,12H2,1H3,(H,28,30). The van der Waals surface area contributed by atoms with E-state index in [9.17, 15) is 18.0 Å². The predicted molar refractivity (Wildman–Crippen MR) is 115 cm³/mol. The quantitative estimate of drug-likeness (QED) is 0.615. The van der Waals surface area contributed by atoms with E-state index >= 15 is 0 Å². The maximum atomic E-state index is 12.8. The predicted octanol–water partition coefficient (Wildman–Crippen LogP) is 5.39. The van der Waals surface area contributed by atoms with Gasteiger partial charge in [0.05, 0.1) is 5.02 Å². The topological polar surface area (TPSA) is 53.6 Å². The normalized spacial score (nSPS) is 16.9. The maximum Gasteiger partial charge on any atom is 0.573 e. The van der Waals surface area contributed by atoms with Gasteiger partial charge < -0.3 is 20.3 Å². The molecule has 1 aliphatic rings. The molecule has 0 radical (unpaired) electrons. The summed E-state index contributed by atoms with van der Waals surface area (Å²) in [4.78, 5) is 14.8. The minimum atomic E-state index is -4.82. The van der Waals surface area contributed by atoms with Crippen LogP contribution in [0.5, 0.6) is 5.75 Å². The van der Waals surface area contributed by atoms with E-state index in [4.69, 9.17) is 11.6 Å². The van der Waals surface area contributed by atoms with Crippen LogP contribution in [0, 0.1) is 0 Å². The number of ether oxygens (including phenoxy) is 1. The molecule has 5 nitrogen and oxygen atoms in total. The van der Waals surface area contributed by atoms with Crippen LogP contribution < -0.4 is 15.4 Å². The number of rotatable bonds is 6. The fourth-order valence-corrected chi connectivity index (χ4v) is 3.81. The molecule has 1 fully saturated rings. The number of nitrogens with one attached hydrogen (secondary N) is 2. The zero-order valence-electron chi connectivity index (χ0n) is 16.9. The second-order valence-corrected chi connectivity index (χ2v) is 7.49. The molecule has 2 aromatic carbocycles. The number of hydrogen-bond donors (Lipinski definition) is 2. The molecule has 2 aromatic rings. The highest BCUT2D eigenvalue weighted by Gasteiger charge is 2.32. The van der Waals surface area contributed by atoms with E-state index in [0.717, 1.165) is 25.8 Å². The third kappa shape index (κ3) is 6.07. The van der Waals surface area contributed by atoms with Gasteiger partial charge in [-0.2, -0.15) is 0 Å². The number of anilines is 1. The molecule has 1 heterocycles. The molecule has 1 unspecified atom stereocenters. The summed E-state index contributed by atoms with van der Waals surface area (Å²) in [6.07, 6.45) is 1.52. The van der Waals surface area contributed by atoms with E-state index in [1.165, 1.54) is 24.3 Å². The lowest BCUT2D eigenvalue weighted by Crippen LogP contribution is -2.44. The van der Waals surface area contributed by atoms with Gasteiger partial charge in [0.2, 0.25) is 5.91 Å². The van der Waals surface area contributed by atoms with Crippen molar-refractivity contribution in [1.82, 2.24) is 10.2 Å². The molecule has 2 N–H and O–H groups in total. The molecule has 1 amide bonds. The molecular formula is C22H23ClF3N3O2. The van der Waals surface area contributed by atoms with Gasteiger partial charge >= 0.3 is 6.36 Å². The number of likely N-dealkylation sites (tertiary alicyclic amines) is 1. The smallest absolute Gasteiger partial charge is 0.405 e. The first-order valence-electron chi connectivity index (χ1n) is 9.84. The van der Waals surface area contributed by atoms with Crippen LogP contribution >= 0.6 is 11.6 Å². The van der Waals surface area contributed by atoms with Crippen molar-refractivity contribution in [3.8, 4) is 16.9 Å². The summed E-state index contributed by atoms with van der Waals surface area (Å²) in [6.45, 7) is 0.784. The third-order valence-electron chi connectivity index (χ3n) is 4.92. The summed E-state index contributed by atoms with van der Waals surface area (Å²) in [6, 6.07) is 10.2. The van der Waals surface area contributed by atoms with Gasteiger partial charge in [0, 0.05) is 42.8 Å². The number of para-hydroxylation sites is 1. The van der Waals surface area contributed by atoms with Crippen LogP contribution in [0.25, 0.3) is 11.1 Å².